The molecule has 0 fully saturated rings. The highest BCUT2D eigenvalue weighted by Crippen LogP contribution is 2.25. The summed E-state index contributed by atoms with van der Waals surface area (Å²) < 4.78 is 2.19. The molecule has 1 amide bonds. The molecule has 0 unspecified atom stereocenters. The molecule has 1 aromatic heterocycles. The van der Waals surface area contributed by atoms with E-state index in [1.807, 2.05) is 48.5 Å². The van der Waals surface area contributed by atoms with Gasteiger partial charge in [-0.2, -0.15) is 0 Å². The van der Waals surface area contributed by atoms with Crippen LogP contribution in [0.1, 0.15) is 41.5 Å². The van der Waals surface area contributed by atoms with E-state index in [0.717, 1.165) is 48.7 Å². The van der Waals surface area contributed by atoms with Crippen LogP contribution in [-0.4, -0.2) is 20.7 Å². The number of nitrogens with one attached hydrogen (secondary N) is 1. The maximum absolute atomic E-state index is 12.5. The molecule has 0 atom stereocenters. The fourth-order valence-electron chi connectivity index (χ4n) is 3.35. The average Bonchev–Trinajstić information content (AvgIpc) is 3.12. The Morgan fingerprint density at radius 2 is 1.96 bits per heavy atom. The molecule has 0 saturated carbocycles. The van der Waals surface area contributed by atoms with Crippen molar-refractivity contribution in [2.75, 3.05) is 5.32 Å². The number of hydrogen-bond acceptors (Lipinski definition) is 3. The van der Waals surface area contributed by atoms with Crippen molar-refractivity contribution in [1.82, 2.24) is 14.8 Å². The van der Waals surface area contributed by atoms with Crippen molar-refractivity contribution in [1.29, 1.82) is 0 Å². The first-order valence-corrected chi connectivity index (χ1v) is 9.17. The van der Waals surface area contributed by atoms with Crippen LogP contribution in [0, 0.1) is 0 Å². The van der Waals surface area contributed by atoms with E-state index in [-0.39, 0.29) is 5.91 Å². The maximum atomic E-state index is 12.5. The van der Waals surface area contributed by atoms with E-state index >= 15 is 0 Å². The monoisotopic (exact) mass is 346 g/mol. The quantitative estimate of drug-likeness (QED) is 0.774. The normalized spacial score (nSPS) is 13.3. The summed E-state index contributed by atoms with van der Waals surface area (Å²) in [5.74, 6) is 1.83. The van der Waals surface area contributed by atoms with E-state index in [1.165, 1.54) is 12.0 Å². The first-order valence-electron chi connectivity index (χ1n) is 9.17. The number of hydrogen-bond donors (Lipinski definition) is 1. The average molecular weight is 346 g/mol. The van der Waals surface area contributed by atoms with Crippen LogP contribution in [-0.2, 0) is 19.4 Å². The lowest BCUT2D eigenvalue weighted by atomic mass is 10.1. The van der Waals surface area contributed by atoms with Gasteiger partial charge in [0, 0.05) is 29.8 Å². The molecule has 132 valence electrons. The van der Waals surface area contributed by atoms with E-state index in [9.17, 15) is 4.79 Å². The molecule has 5 heteroatoms. The molecule has 2 heterocycles. The number of fused-ring (bicyclic) bond motifs is 1. The Labute approximate surface area is 153 Å². The van der Waals surface area contributed by atoms with Gasteiger partial charge in [0.25, 0.3) is 5.91 Å². The van der Waals surface area contributed by atoms with Crippen LogP contribution in [0.2, 0.25) is 0 Å². The molecule has 4 rings (SSSR count). The summed E-state index contributed by atoms with van der Waals surface area (Å²) in [5.41, 5.74) is 3.62. The molecule has 0 saturated heterocycles. The molecule has 0 radical (unpaired) electrons. The SMILES string of the molecule is CCc1ccc(C(=O)Nc2cccc(-c3nnc4n3CCCC4)c2)cc1. The van der Waals surface area contributed by atoms with E-state index in [2.05, 4.69) is 27.0 Å². The third-order valence-corrected chi connectivity index (χ3v) is 4.86. The number of aryl methyl sites for hydroxylation is 2. The highest BCUT2D eigenvalue weighted by Gasteiger charge is 2.17. The van der Waals surface area contributed by atoms with Crippen LogP contribution in [0.25, 0.3) is 11.4 Å². The number of carbonyl (C=O) groups is 1. The zero-order valence-electron chi connectivity index (χ0n) is 14.9. The second-order valence-electron chi connectivity index (χ2n) is 6.63. The van der Waals surface area contributed by atoms with Crippen molar-refractivity contribution >= 4 is 11.6 Å². The van der Waals surface area contributed by atoms with E-state index in [0.29, 0.717) is 5.56 Å². The Hall–Kier alpha value is -2.95. The molecule has 0 spiro atoms. The fraction of sp³-hybridized carbons (Fsp3) is 0.286. The van der Waals surface area contributed by atoms with Gasteiger partial charge < -0.3 is 9.88 Å². The summed E-state index contributed by atoms with van der Waals surface area (Å²) in [6.45, 7) is 3.06. The molecule has 0 bridgehead atoms. The molecule has 1 N–H and O–H groups in total. The van der Waals surface area contributed by atoms with Crippen LogP contribution in [0.3, 0.4) is 0 Å². The van der Waals surface area contributed by atoms with Crippen LogP contribution in [0.4, 0.5) is 5.69 Å². The van der Waals surface area contributed by atoms with Gasteiger partial charge in [0.05, 0.1) is 0 Å². The largest absolute Gasteiger partial charge is 0.322 e. The van der Waals surface area contributed by atoms with E-state index in [1.54, 1.807) is 0 Å². The molecule has 5 nitrogen and oxygen atoms in total. The third kappa shape index (κ3) is 3.25. The topological polar surface area (TPSA) is 59.8 Å². The summed E-state index contributed by atoms with van der Waals surface area (Å²) in [6, 6.07) is 15.5. The van der Waals surface area contributed by atoms with Crippen molar-refractivity contribution in [3.8, 4) is 11.4 Å². The number of rotatable bonds is 4. The van der Waals surface area contributed by atoms with Crippen molar-refractivity contribution in [2.45, 2.75) is 39.2 Å². The van der Waals surface area contributed by atoms with Gasteiger partial charge >= 0.3 is 0 Å². The van der Waals surface area contributed by atoms with Crippen molar-refractivity contribution in [3.63, 3.8) is 0 Å². The summed E-state index contributed by atoms with van der Waals surface area (Å²) in [6.07, 6.45) is 4.27. The van der Waals surface area contributed by atoms with Gasteiger partial charge in [0.1, 0.15) is 5.82 Å². The van der Waals surface area contributed by atoms with Gasteiger partial charge in [-0.25, -0.2) is 0 Å². The first-order chi connectivity index (χ1) is 12.7. The van der Waals surface area contributed by atoms with Crippen LogP contribution in [0.15, 0.2) is 48.5 Å². The molecule has 1 aliphatic heterocycles. The molecular weight excluding hydrogens is 324 g/mol. The standard InChI is InChI=1S/C21H22N4O/c1-2-15-9-11-16(12-10-15)21(26)22-18-7-5-6-17(14-18)20-24-23-19-8-3-4-13-25(19)20/h5-7,9-12,14H,2-4,8,13H2,1H3,(H,22,26). The minimum absolute atomic E-state index is 0.104. The van der Waals surface area contributed by atoms with Gasteiger partial charge in [0.15, 0.2) is 5.82 Å². The summed E-state index contributed by atoms with van der Waals surface area (Å²) in [4.78, 5) is 12.5. The van der Waals surface area contributed by atoms with Crippen LogP contribution in [0.5, 0.6) is 0 Å². The van der Waals surface area contributed by atoms with Crippen molar-refractivity contribution in [3.05, 3.63) is 65.5 Å². The predicted molar refractivity (Wildman–Crippen MR) is 102 cm³/mol. The smallest absolute Gasteiger partial charge is 0.255 e. The lowest BCUT2D eigenvalue weighted by molar-refractivity contribution is 0.102. The van der Waals surface area contributed by atoms with Gasteiger partial charge in [-0.1, -0.05) is 31.2 Å². The number of benzene rings is 2. The number of anilines is 1. The number of carbonyl (C=O) groups excluding carboxylic acids is 1. The third-order valence-electron chi connectivity index (χ3n) is 4.86. The summed E-state index contributed by atoms with van der Waals surface area (Å²) in [7, 11) is 0. The van der Waals surface area contributed by atoms with E-state index < -0.39 is 0 Å². The molecule has 0 aliphatic carbocycles. The summed E-state index contributed by atoms with van der Waals surface area (Å²) >= 11 is 0. The van der Waals surface area contributed by atoms with Crippen molar-refractivity contribution in [2.24, 2.45) is 0 Å². The van der Waals surface area contributed by atoms with Crippen LogP contribution < -0.4 is 5.32 Å². The first kappa shape index (κ1) is 16.5. The summed E-state index contributed by atoms with van der Waals surface area (Å²) in [5, 5.41) is 11.7. The van der Waals surface area contributed by atoms with Crippen molar-refractivity contribution < 1.29 is 4.79 Å². The second-order valence-corrected chi connectivity index (χ2v) is 6.63. The highest BCUT2D eigenvalue weighted by atomic mass is 16.1. The van der Waals surface area contributed by atoms with Gasteiger partial charge in [0.2, 0.25) is 0 Å². The molecule has 3 aromatic rings. The molecular formula is C21H22N4O. The molecule has 26 heavy (non-hydrogen) atoms. The second kappa shape index (κ2) is 7.12. The zero-order chi connectivity index (χ0) is 17.9. The predicted octanol–water partition coefficient (Wildman–Crippen LogP) is 4.10. The Balaban J connectivity index is 1.56. The van der Waals surface area contributed by atoms with Gasteiger partial charge in [-0.05, 0) is 49.1 Å². The van der Waals surface area contributed by atoms with E-state index in [4.69, 9.17) is 0 Å². The minimum Gasteiger partial charge on any atom is -0.322 e. The highest BCUT2D eigenvalue weighted by molar-refractivity contribution is 6.04. The Morgan fingerprint density at radius 1 is 1.12 bits per heavy atom. The van der Waals surface area contributed by atoms with Crippen LogP contribution >= 0.6 is 0 Å². The lowest BCUT2D eigenvalue weighted by Gasteiger charge is -2.15. The Kier molecular flexibility index (Phi) is 4.52. The number of nitrogens with zero attached hydrogens (tertiary/aromatic N) is 3. The fourth-order valence-corrected chi connectivity index (χ4v) is 3.35. The molecule has 2 aromatic carbocycles. The minimum atomic E-state index is -0.104. The maximum Gasteiger partial charge on any atom is 0.255 e. The van der Waals surface area contributed by atoms with Gasteiger partial charge in [-0.3, -0.25) is 4.79 Å². The lowest BCUT2D eigenvalue weighted by Crippen LogP contribution is -2.13. The number of amides is 1. The molecule has 1 aliphatic rings. The van der Waals surface area contributed by atoms with Gasteiger partial charge in [-0.15, -0.1) is 10.2 Å². The zero-order valence-corrected chi connectivity index (χ0v) is 14.9. The number of aromatic nitrogens is 3. The Morgan fingerprint density at radius 3 is 2.77 bits per heavy atom. The Bertz CT molecular complexity index is 927.